The van der Waals surface area contributed by atoms with Gasteiger partial charge in [-0.2, -0.15) is 0 Å². The van der Waals surface area contributed by atoms with Gasteiger partial charge in [0, 0.05) is 31.0 Å². The first kappa shape index (κ1) is 21.8. The number of carbonyl (C=O) groups is 2. The first-order valence-corrected chi connectivity index (χ1v) is 9.81. The number of Topliss-reactive ketones (excluding diaryl/α,β-unsaturated/α-hetero) is 1. The summed E-state index contributed by atoms with van der Waals surface area (Å²) in [5.74, 6) is -0.400. The zero-order chi connectivity index (χ0) is 18.6. The zero-order valence-corrected chi connectivity index (χ0v) is 16.6. The largest absolute Gasteiger partial charge is 0.342 e. The maximum Gasteiger partial charge on any atom is 0.223 e. The minimum absolute atomic E-state index is 0. The Balaban J connectivity index is 0.00000261. The molecule has 6 heteroatoms. The second kappa shape index (κ2) is 9.65. The van der Waals surface area contributed by atoms with Gasteiger partial charge in [-0.05, 0) is 61.9 Å². The second-order valence-electron chi connectivity index (χ2n) is 7.99. The van der Waals surface area contributed by atoms with Crippen LogP contribution in [-0.2, 0) is 4.79 Å². The average molecular weight is 397 g/mol. The van der Waals surface area contributed by atoms with Crippen molar-refractivity contribution in [3.05, 3.63) is 35.6 Å². The van der Waals surface area contributed by atoms with Crippen LogP contribution in [0.25, 0.3) is 0 Å². The number of piperidine rings is 1. The topological polar surface area (TPSA) is 63.4 Å². The van der Waals surface area contributed by atoms with E-state index in [1.165, 1.54) is 30.7 Å². The van der Waals surface area contributed by atoms with Gasteiger partial charge in [-0.15, -0.1) is 12.4 Å². The van der Waals surface area contributed by atoms with Crippen molar-refractivity contribution in [2.75, 3.05) is 19.6 Å². The SMILES string of the molecule is Cl.NCC1(CC(=O)N2CCCC(C(=O)c3ccc(F)cc3)C2)CCCCC1. The lowest BCUT2D eigenvalue weighted by molar-refractivity contribution is -0.135. The molecule has 150 valence electrons. The van der Waals surface area contributed by atoms with Gasteiger partial charge < -0.3 is 10.6 Å². The number of benzene rings is 1. The molecular formula is C21H30ClFN2O2. The number of halogens is 2. The lowest BCUT2D eigenvalue weighted by Crippen LogP contribution is -2.45. The van der Waals surface area contributed by atoms with Gasteiger partial charge in [0.2, 0.25) is 5.91 Å². The summed E-state index contributed by atoms with van der Waals surface area (Å²) in [5.41, 5.74) is 6.50. The molecule has 1 atom stereocenters. The summed E-state index contributed by atoms with van der Waals surface area (Å²) >= 11 is 0. The molecule has 2 N–H and O–H groups in total. The predicted molar refractivity (Wildman–Crippen MR) is 106 cm³/mol. The van der Waals surface area contributed by atoms with E-state index >= 15 is 0 Å². The van der Waals surface area contributed by atoms with Crippen molar-refractivity contribution in [1.29, 1.82) is 0 Å². The number of hydrogen-bond acceptors (Lipinski definition) is 3. The lowest BCUT2D eigenvalue weighted by atomic mass is 9.71. The summed E-state index contributed by atoms with van der Waals surface area (Å²) in [6.07, 6.45) is 7.70. The number of hydrogen-bond donors (Lipinski definition) is 1. The van der Waals surface area contributed by atoms with Crippen LogP contribution in [0.4, 0.5) is 4.39 Å². The number of carbonyl (C=O) groups excluding carboxylic acids is 2. The van der Waals surface area contributed by atoms with Gasteiger partial charge in [0.25, 0.3) is 0 Å². The molecule has 4 nitrogen and oxygen atoms in total. The Morgan fingerprint density at radius 1 is 1.11 bits per heavy atom. The molecule has 0 bridgehead atoms. The lowest BCUT2D eigenvalue weighted by Gasteiger charge is -2.39. The number of amides is 1. The molecule has 1 saturated heterocycles. The summed E-state index contributed by atoms with van der Waals surface area (Å²) in [6, 6.07) is 5.69. The fraction of sp³-hybridized carbons (Fsp3) is 0.619. The number of ketones is 1. The van der Waals surface area contributed by atoms with Crippen molar-refractivity contribution >= 4 is 24.1 Å². The number of likely N-dealkylation sites (tertiary alicyclic amines) is 1. The quantitative estimate of drug-likeness (QED) is 0.766. The fourth-order valence-electron chi connectivity index (χ4n) is 4.45. The summed E-state index contributed by atoms with van der Waals surface area (Å²) in [6.45, 7) is 1.74. The summed E-state index contributed by atoms with van der Waals surface area (Å²) in [7, 11) is 0. The Morgan fingerprint density at radius 2 is 1.78 bits per heavy atom. The molecule has 3 rings (SSSR count). The zero-order valence-electron chi connectivity index (χ0n) is 15.8. The van der Waals surface area contributed by atoms with Crippen LogP contribution in [0, 0.1) is 17.2 Å². The van der Waals surface area contributed by atoms with Crippen LogP contribution in [0.5, 0.6) is 0 Å². The number of nitrogens with two attached hydrogens (primary N) is 1. The van der Waals surface area contributed by atoms with Gasteiger partial charge in [-0.25, -0.2) is 4.39 Å². The number of nitrogens with zero attached hydrogens (tertiary/aromatic N) is 1. The van der Waals surface area contributed by atoms with E-state index in [1.54, 1.807) is 0 Å². The fourth-order valence-corrected chi connectivity index (χ4v) is 4.45. The molecule has 0 aromatic heterocycles. The molecule has 1 aromatic carbocycles. The van der Waals surface area contributed by atoms with Crippen molar-refractivity contribution in [1.82, 2.24) is 4.90 Å². The average Bonchev–Trinajstić information content (AvgIpc) is 2.69. The molecule has 1 saturated carbocycles. The Morgan fingerprint density at radius 3 is 2.41 bits per heavy atom. The van der Waals surface area contributed by atoms with Crippen LogP contribution in [0.2, 0.25) is 0 Å². The standard InChI is InChI=1S/C21H29FN2O2.ClH/c22-18-8-6-16(7-9-18)20(26)17-5-4-12-24(14-17)19(25)13-21(15-23)10-2-1-3-11-21;/h6-9,17H,1-5,10-15,23H2;1H. The Labute approximate surface area is 167 Å². The maximum atomic E-state index is 13.1. The highest BCUT2D eigenvalue weighted by atomic mass is 35.5. The van der Waals surface area contributed by atoms with Crippen LogP contribution < -0.4 is 5.73 Å². The molecule has 2 aliphatic rings. The Kier molecular flexibility index (Phi) is 7.80. The monoisotopic (exact) mass is 396 g/mol. The number of rotatable bonds is 5. The summed E-state index contributed by atoms with van der Waals surface area (Å²) in [4.78, 5) is 27.4. The summed E-state index contributed by atoms with van der Waals surface area (Å²) < 4.78 is 13.1. The van der Waals surface area contributed by atoms with E-state index in [2.05, 4.69) is 0 Å². The molecule has 1 aliphatic heterocycles. The molecule has 1 unspecified atom stereocenters. The molecule has 1 heterocycles. The van der Waals surface area contributed by atoms with Gasteiger partial charge in [0.1, 0.15) is 5.82 Å². The highest BCUT2D eigenvalue weighted by Crippen LogP contribution is 2.39. The highest BCUT2D eigenvalue weighted by molar-refractivity contribution is 5.98. The molecule has 27 heavy (non-hydrogen) atoms. The van der Waals surface area contributed by atoms with Crippen molar-refractivity contribution < 1.29 is 14.0 Å². The minimum atomic E-state index is -0.346. The van der Waals surface area contributed by atoms with E-state index in [-0.39, 0.29) is 41.2 Å². The van der Waals surface area contributed by atoms with Crippen molar-refractivity contribution in [3.63, 3.8) is 0 Å². The van der Waals surface area contributed by atoms with E-state index in [4.69, 9.17) is 5.73 Å². The summed E-state index contributed by atoms with van der Waals surface area (Å²) in [5, 5.41) is 0. The van der Waals surface area contributed by atoms with Gasteiger partial charge in [0.05, 0.1) is 0 Å². The molecular weight excluding hydrogens is 367 g/mol. The van der Waals surface area contributed by atoms with E-state index < -0.39 is 0 Å². The molecule has 1 aliphatic carbocycles. The third-order valence-electron chi connectivity index (χ3n) is 6.15. The van der Waals surface area contributed by atoms with Crippen molar-refractivity contribution in [2.24, 2.45) is 17.1 Å². The van der Waals surface area contributed by atoms with Crippen LogP contribution in [-0.4, -0.2) is 36.2 Å². The maximum absolute atomic E-state index is 13.1. The van der Waals surface area contributed by atoms with Crippen LogP contribution in [0.3, 0.4) is 0 Å². The first-order chi connectivity index (χ1) is 12.5. The van der Waals surface area contributed by atoms with Crippen LogP contribution in [0.15, 0.2) is 24.3 Å². The highest BCUT2D eigenvalue weighted by Gasteiger charge is 2.36. The second-order valence-corrected chi connectivity index (χ2v) is 7.99. The van der Waals surface area contributed by atoms with E-state index in [9.17, 15) is 14.0 Å². The van der Waals surface area contributed by atoms with E-state index in [0.29, 0.717) is 31.6 Å². The Bertz CT molecular complexity index is 644. The molecule has 0 radical (unpaired) electrons. The molecule has 1 aromatic rings. The Hall–Kier alpha value is -1.46. The van der Waals surface area contributed by atoms with Crippen molar-refractivity contribution in [2.45, 2.75) is 51.4 Å². The van der Waals surface area contributed by atoms with Crippen molar-refractivity contribution in [3.8, 4) is 0 Å². The minimum Gasteiger partial charge on any atom is -0.342 e. The third-order valence-corrected chi connectivity index (χ3v) is 6.15. The molecule has 1 amide bonds. The third kappa shape index (κ3) is 5.29. The normalized spacial score (nSPS) is 22.0. The van der Waals surface area contributed by atoms with Crippen LogP contribution >= 0.6 is 12.4 Å². The van der Waals surface area contributed by atoms with E-state index in [1.807, 2.05) is 4.90 Å². The van der Waals surface area contributed by atoms with Gasteiger partial charge in [-0.1, -0.05) is 19.3 Å². The molecule has 0 spiro atoms. The van der Waals surface area contributed by atoms with Gasteiger partial charge >= 0.3 is 0 Å². The van der Waals surface area contributed by atoms with Gasteiger partial charge in [0.15, 0.2) is 5.78 Å². The first-order valence-electron chi connectivity index (χ1n) is 9.81. The van der Waals surface area contributed by atoms with Crippen LogP contribution in [0.1, 0.15) is 61.7 Å². The predicted octanol–water partition coefficient (Wildman–Crippen LogP) is 3.97. The van der Waals surface area contributed by atoms with Gasteiger partial charge in [-0.3, -0.25) is 9.59 Å². The smallest absolute Gasteiger partial charge is 0.223 e. The van der Waals surface area contributed by atoms with E-state index in [0.717, 1.165) is 38.5 Å². The molecule has 2 fully saturated rings.